The molecule has 0 fully saturated rings. The normalized spacial score (nSPS) is 12.0. The Kier molecular flexibility index (Phi) is 17.5. The van der Waals surface area contributed by atoms with Gasteiger partial charge in [-0.3, -0.25) is 13.7 Å². The molecular weight excluding hydrogens is 1710 g/mol. The summed E-state index contributed by atoms with van der Waals surface area (Å²) >= 11 is 0. The van der Waals surface area contributed by atoms with Gasteiger partial charge in [0.1, 0.15) is 0 Å². The lowest BCUT2D eigenvalue weighted by Gasteiger charge is -2.16. The van der Waals surface area contributed by atoms with Crippen LogP contribution in [0.3, 0.4) is 0 Å². The molecule has 8 aromatic heterocycles. The van der Waals surface area contributed by atoms with E-state index in [2.05, 4.69) is 358 Å². The number of fused-ring (bicyclic) bond motifs is 15. The van der Waals surface area contributed by atoms with Crippen LogP contribution in [-0.4, -0.2) is 63.0 Å². The maximum Gasteiger partial charge on any atom is 0.238 e. The van der Waals surface area contributed by atoms with E-state index < -0.39 is 0 Å². The molecule has 8 heterocycles. The largest absolute Gasteiger partial charge is 0.308 e. The summed E-state index contributed by atoms with van der Waals surface area (Å²) in [6, 6.07) is 161. The number of benzene rings is 21. The topological polar surface area (TPSA) is 135 Å². The molecule has 13 heteroatoms. The van der Waals surface area contributed by atoms with Gasteiger partial charge in [-0.2, -0.15) is 29.9 Å². The van der Waals surface area contributed by atoms with Crippen molar-refractivity contribution < 1.29 is 0 Å². The Balaban J connectivity index is 0.000000102. The van der Waals surface area contributed by atoms with Crippen molar-refractivity contribution in [1.82, 2.24) is 63.0 Å². The van der Waals surface area contributed by atoms with E-state index in [1.165, 1.54) is 164 Å². The lowest BCUT2D eigenvalue weighted by Crippen LogP contribution is -2.06. The summed E-state index contributed by atoms with van der Waals surface area (Å²) in [5.74, 6) is 5.67. The molecule has 0 aliphatic heterocycles. The summed E-state index contributed by atoms with van der Waals surface area (Å²) in [5, 5.41) is 22.2. The Labute approximate surface area is 800 Å². The van der Waals surface area contributed by atoms with Crippen LogP contribution in [0.1, 0.15) is 0 Å². The van der Waals surface area contributed by atoms with Gasteiger partial charge in [-0.25, -0.2) is 15.0 Å². The van der Waals surface area contributed by atoms with Crippen molar-refractivity contribution in [2.45, 2.75) is 0 Å². The highest BCUT2D eigenvalue weighted by molar-refractivity contribution is 6.35. The fourth-order valence-corrected chi connectivity index (χ4v) is 22.4. The maximum absolute atomic E-state index is 5.29. The third-order valence-corrected chi connectivity index (χ3v) is 28.5. The number of hydrogen-bond acceptors (Lipinski definition) is 9. The molecular formula is C127H75N13. The smallest absolute Gasteiger partial charge is 0.238 e. The van der Waals surface area contributed by atoms with Gasteiger partial charge < -0.3 is 4.40 Å². The molecule has 29 aromatic rings. The molecule has 0 unspecified atom stereocenters. The van der Waals surface area contributed by atoms with Crippen molar-refractivity contribution in [2.75, 3.05) is 0 Å². The van der Waals surface area contributed by atoms with Gasteiger partial charge >= 0.3 is 0 Å². The van der Waals surface area contributed by atoms with E-state index >= 15 is 0 Å². The predicted octanol–water partition coefficient (Wildman–Crippen LogP) is 31.6. The molecule has 140 heavy (non-hydrogen) atoms. The first-order valence-electron chi connectivity index (χ1n) is 47.3. The van der Waals surface area contributed by atoms with Crippen molar-refractivity contribution in [3.8, 4) is 142 Å². The quantitative estimate of drug-likeness (QED) is 0.131. The van der Waals surface area contributed by atoms with E-state index in [4.69, 9.17) is 44.9 Å². The van der Waals surface area contributed by atoms with E-state index in [-0.39, 0.29) is 0 Å². The van der Waals surface area contributed by atoms with Crippen molar-refractivity contribution in [1.29, 1.82) is 0 Å². The summed E-state index contributed by atoms with van der Waals surface area (Å²) < 4.78 is 9.15. The van der Waals surface area contributed by atoms with E-state index in [9.17, 15) is 0 Å². The van der Waals surface area contributed by atoms with Gasteiger partial charge in [0.2, 0.25) is 17.8 Å². The van der Waals surface area contributed by atoms with Crippen LogP contribution < -0.4 is 0 Å². The van der Waals surface area contributed by atoms with Crippen LogP contribution in [0.2, 0.25) is 0 Å². The zero-order valence-electron chi connectivity index (χ0n) is 75.1. The Bertz CT molecular complexity index is 10100. The van der Waals surface area contributed by atoms with E-state index in [0.29, 0.717) is 52.8 Å². The first-order chi connectivity index (χ1) is 69.5. The Morgan fingerprint density at radius 1 is 0.143 bits per heavy atom. The Morgan fingerprint density at radius 3 is 0.964 bits per heavy atom. The maximum atomic E-state index is 5.29. The average molecular weight is 1780 g/mol. The minimum atomic E-state index is 0.588. The molecule has 0 radical (unpaired) electrons. The van der Waals surface area contributed by atoms with Crippen LogP contribution in [-0.2, 0) is 0 Å². The second-order valence-corrected chi connectivity index (χ2v) is 36.1. The van der Waals surface area contributed by atoms with E-state index in [0.717, 1.165) is 72.0 Å². The molecule has 13 nitrogen and oxygen atoms in total. The molecule has 0 saturated heterocycles. The number of aromatic nitrogens is 13. The van der Waals surface area contributed by atoms with Crippen molar-refractivity contribution in [3.05, 3.63) is 455 Å². The highest BCUT2D eigenvalue weighted by Crippen LogP contribution is 2.55. The lowest BCUT2D eigenvalue weighted by molar-refractivity contribution is 0.953. The summed E-state index contributed by atoms with van der Waals surface area (Å²) in [4.78, 5) is 46.0. The Morgan fingerprint density at radius 2 is 0.457 bits per heavy atom. The van der Waals surface area contributed by atoms with Gasteiger partial charge in [-0.1, -0.05) is 400 Å². The third-order valence-electron chi connectivity index (χ3n) is 28.5. The minimum Gasteiger partial charge on any atom is -0.308 e. The van der Waals surface area contributed by atoms with Gasteiger partial charge in [-0.05, 0) is 159 Å². The van der Waals surface area contributed by atoms with Crippen LogP contribution in [0.25, 0.3) is 288 Å². The molecule has 0 bridgehead atoms. The predicted molar refractivity (Wildman–Crippen MR) is 574 cm³/mol. The molecule has 2 aliphatic carbocycles. The monoisotopic (exact) mass is 1780 g/mol. The van der Waals surface area contributed by atoms with Crippen molar-refractivity contribution in [2.24, 2.45) is 0 Å². The molecule has 648 valence electrons. The second kappa shape index (κ2) is 31.2. The van der Waals surface area contributed by atoms with Crippen LogP contribution in [0.4, 0.5) is 0 Å². The van der Waals surface area contributed by atoms with Crippen LogP contribution in [0, 0.1) is 0 Å². The standard InChI is InChI=1S/C49H29N5.C41H24N4.C37H22N4/c1-2-12-32(13-3-1)47-50-48(33-24-21-31(22-25-33)35-26-23-30-11-4-5-14-34(30)29-35)52-49(51-47)54-42-20-10-17-38-36-15-6-8-18-40(36)53-41-19-9-7-16-37(41)39-27-28-43(54)45(44(38)42)46(39)53;1-3-12-27(13-4-1)39-42-40(28-14-5-2-6-15-28)44-41(43-39)45-33-20-10-19-32-36-29-17-8-7-11-25(29)21-23-31(36)30-18-9-16-26-22-24-34(45)38(35(26)30)37(32)33;1-3-11-24(12-4-1)35-38-36(25-13-5-2-6-14-25)40-37(39-35)41-30-20-10-19-29-27-17-8-7-16-26(27)28-18-9-15-23-21-22-31(41)34(32(23)28)33(29)30/h1-29H;1-24H;1-22H. The van der Waals surface area contributed by atoms with Crippen LogP contribution in [0.5, 0.6) is 0 Å². The fourth-order valence-electron chi connectivity index (χ4n) is 22.4. The summed E-state index contributed by atoms with van der Waals surface area (Å²) in [7, 11) is 0. The van der Waals surface area contributed by atoms with Gasteiger partial charge in [0.15, 0.2) is 34.9 Å². The molecule has 0 N–H and O–H groups in total. The van der Waals surface area contributed by atoms with Crippen LogP contribution in [0.15, 0.2) is 455 Å². The van der Waals surface area contributed by atoms with Crippen molar-refractivity contribution in [3.63, 3.8) is 0 Å². The molecule has 0 amide bonds. The van der Waals surface area contributed by atoms with Gasteiger partial charge in [0, 0.05) is 81.9 Å². The summed E-state index contributed by atoms with van der Waals surface area (Å²) in [6.07, 6.45) is 0. The highest BCUT2D eigenvalue weighted by atomic mass is 15.2. The zero-order chi connectivity index (χ0) is 91.7. The van der Waals surface area contributed by atoms with Gasteiger partial charge in [0.05, 0.1) is 49.7 Å². The Hall–Kier alpha value is -19.1. The molecule has 0 spiro atoms. The number of para-hydroxylation sites is 2. The average Bonchev–Trinajstić information content (AvgIpc) is 1.52. The molecule has 21 aromatic carbocycles. The lowest BCUT2D eigenvalue weighted by atomic mass is 9.89. The first-order valence-corrected chi connectivity index (χ1v) is 47.3. The van der Waals surface area contributed by atoms with Gasteiger partial charge in [-0.15, -0.1) is 0 Å². The number of hydrogen-bond donors (Lipinski definition) is 0. The molecule has 2 aliphatic rings. The fraction of sp³-hybridized carbons (Fsp3) is 0. The molecule has 0 atom stereocenters. The second-order valence-electron chi connectivity index (χ2n) is 36.1. The summed E-state index contributed by atoms with van der Waals surface area (Å²) in [5.41, 5.74) is 28.0. The summed E-state index contributed by atoms with van der Waals surface area (Å²) in [6.45, 7) is 0. The SMILES string of the molecule is c1ccc(-c2nc(-c3ccc(-c4ccc5ccccc5c4)cc3)nc(-n3c4cccc5c6ccccc6n6c7ccccc7c7ccc3c(c54)c76)n2)cc1.c1ccc(-c2nc(-c3ccccc3)nc(-n3c4cccc5c4c4c6c(cccc6ccc43)-c3ccc4ccccc4c3-5)n2)cc1.c1ccc(-c2nc(-c3ccccc3)nc(-n3c4cccc5c4c4c6c(cccc6ccc43)-c3ccccc3-5)n2)cc1. The first kappa shape index (κ1) is 78.4. The number of rotatable bonds is 10. The van der Waals surface area contributed by atoms with Gasteiger partial charge in [0.25, 0.3) is 0 Å². The highest BCUT2D eigenvalue weighted by Gasteiger charge is 2.32. The van der Waals surface area contributed by atoms with Crippen molar-refractivity contribution >= 4 is 147 Å². The van der Waals surface area contributed by atoms with E-state index in [1.807, 2.05) is 115 Å². The van der Waals surface area contributed by atoms with Crippen LogP contribution >= 0.6 is 0 Å². The minimum absolute atomic E-state index is 0.588. The van der Waals surface area contributed by atoms with E-state index in [1.54, 1.807) is 0 Å². The number of nitrogens with zero attached hydrogens (tertiary/aromatic N) is 13. The zero-order valence-corrected chi connectivity index (χ0v) is 75.1. The molecule has 31 rings (SSSR count). The molecule has 0 saturated carbocycles. The third kappa shape index (κ3) is 12.1.